The van der Waals surface area contributed by atoms with Crippen molar-refractivity contribution >= 4 is 11.6 Å². The summed E-state index contributed by atoms with van der Waals surface area (Å²) < 4.78 is 5.33. The zero-order valence-corrected chi connectivity index (χ0v) is 9.41. The molecule has 2 nitrogen and oxygen atoms in total. The molecule has 0 spiro atoms. The third-order valence-electron chi connectivity index (χ3n) is 3.04. The molecular weight excluding hydrogens is 210 g/mol. The topological polar surface area (TPSA) is 35.2 Å². The molecule has 2 rings (SSSR count). The molecule has 0 unspecified atom stereocenters. The SMILES string of the molecule is N[C@H](c1ccccc1Cl)C1CCOCC1. The fraction of sp³-hybridized carbons (Fsp3) is 0.500. The van der Waals surface area contributed by atoms with E-state index in [2.05, 4.69) is 0 Å². The van der Waals surface area contributed by atoms with Crippen LogP contribution < -0.4 is 5.73 Å². The highest BCUT2D eigenvalue weighted by Crippen LogP contribution is 2.31. The van der Waals surface area contributed by atoms with E-state index in [0.717, 1.165) is 36.6 Å². The molecular formula is C12H16ClNO. The third-order valence-corrected chi connectivity index (χ3v) is 3.38. The lowest BCUT2D eigenvalue weighted by Crippen LogP contribution is -2.27. The average Bonchev–Trinajstić information content (AvgIpc) is 2.30. The summed E-state index contributed by atoms with van der Waals surface area (Å²) in [5, 5.41) is 0.775. The first-order chi connectivity index (χ1) is 7.29. The number of rotatable bonds is 2. The molecule has 1 aliphatic heterocycles. The van der Waals surface area contributed by atoms with Crippen molar-refractivity contribution < 1.29 is 4.74 Å². The van der Waals surface area contributed by atoms with Gasteiger partial charge in [-0.1, -0.05) is 29.8 Å². The van der Waals surface area contributed by atoms with E-state index in [1.807, 2.05) is 24.3 Å². The average molecular weight is 226 g/mol. The summed E-state index contributed by atoms with van der Waals surface area (Å²) >= 11 is 6.13. The molecule has 1 saturated heterocycles. The standard InChI is InChI=1S/C12H16ClNO/c13-11-4-2-1-3-10(11)12(14)9-5-7-15-8-6-9/h1-4,9,12H,5-8,14H2/t12-/m0/s1. The van der Waals surface area contributed by atoms with E-state index >= 15 is 0 Å². The van der Waals surface area contributed by atoms with E-state index in [0.29, 0.717) is 5.92 Å². The Bertz CT molecular complexity index is 323. The maximum atomic E-state index is 6.23. The monoisotopic (exact) mass is 225 g/mol. The molecule has 0 bridgehead atoms. The van der Waals surface area contributed by atoms with Crippen LogP contribution in [-0.4, -0.2) is 13.2 Å². The molecule has 1 atom stereocenters. The minimum Gasteiger partial charge on any atom is -0.381 e. The summed E-state index contributed by atoms with van der Waals surface area (Å²) in [4.78, 5) is 0. The molecule has 1 fully saturated rings. The zero-order valence-electron chi connectivity index (χ0n) is 8.66. The minimum absolute atomic E-state index is 0.0441. The number of nitrogens with two attached hydrogens (primary N) is 1. The molecule has 1 heterocycles. The minimum atomic E-state index is 0.0441. The Morgan fingerprint density at radius 2 is 1.93 bits per heavy atom. The lowest BCUT2D eigenvalue weighted by atomic mass is 9.88. The molecule has 0 amide bonds. The van der Waals surface area contributed by atoms with E-state index in [9.17, 15) is 0 Å². The van der Waals surface area contributed by atoms with Crippen LogP contribution in [0, 0.1) is 5.92 Å². The van der Waals surface area contributed by atoms with Gasteiger partial charge in [-0.2, -0.15) is 0 Å². The maximum Gasteiger partial charge on any atom is 0.0469 e. The highest BCUT2D eigenvalue weighted by Gasteiger charge is 2.23. The Balaban J connectivity index is 2.12. The summed E-state index contributed by atoms with van der Waals surface area (Å²) in [6.07, 6.45) is 2.07. The molecule has 0 radical (unpaired) electrons. The highest BCUT2D eigenvalue weighted by atomic mass is 35.5. The van der Waals surface area contributed by atoms with Crippen molar-refractivity contribution in [2.75, 3.05) is 13.2 Å². The van der Waals surface area contributed by atoms with Gasteiger partial charge in [-0.05, 0) is 30.4 Å². The molecule has 0 aliphatic carbocycles. The molecule has 2 N–H and O–H groups in total. The third kappa shape index (κ3) is 2.51. The van der Waals surface area contributed by atoms with Crippen LogP contribution in [0.15, 0.2) is 24.3 Å². The van der Waals surface area contributed by atoms with E-state index in [1.54, 1.807) is 0 Å². The smallest absolute Gasteiger partial charge is 0.0469 e. The molecule has 0 aromatic heterocycles. The molecule has 3 heteroatoms. The van der Waals surface area contributed by atoms with Crippen LogP contribution in [0.3, 0.4) is 0 Å². The van der Waals surface area contributed by atoms with Gasteiger partial charge in [0, 0.05) is 24.3 Å². The van der Waals surface area contributed by atoms with Crippen molar-refractivity contribution in [3.05, 3.63) is 34.9 Å². The Kier molecular flexibility index (Phi) is 3.62. The van der Waals surface area contributed by atoms with Gasteiger partial charge >= 0.3 is 0 Å². The van der Waals surface area contributed by atoms with E-state index < -0.39 is 0 Å². The van der Waals surface area contributed by atoms with Gasteiger partial charge in [0.15, 0.2) is 0 Å². The first-order valence-corrected chi connectivity index (χ1v) is 5.74. The fourth-order valence-corrected chi connectivity index (χ4v) is 2.34. The number of hydrogen-bond donors (Lipinski definition) is 1. The largest absolute Gasteiger partial charge is 0.381 e. The molecule has 82 valence electrons. The maximum absolute atomic E-state index is 6.23. The second-order valence-corrected chi connectivity index (χ2v) is 4.40. The van der Waals surface area contributed by atoms with Crippen molar-refractivity contribution in [2.45, 2.75) is 18.9 Å². The summed E-state index contributed by atoms with van der Waals surface area (Å²) in [6.45, 7) is 1.64. The van der Waals surface area contributed by atoms with E-state index in [-0.39, 0.29) is 6.04 Å². The molecule has 15 heavy (non-hydrogen) atoms. The first kappa shape index (κ1) is 10.9. The number of halogens is 1. The summed E-state index contributed by atoms with van der Waals surface area (Å²) in [5.74, 6) is 0.499. The van der Waals surface area contributed by atoms with Crippen molar-refractivity contribution in [3.63, 3.8) is 0 Å². The zero-order chi connectivity index (χ0) is 10.7. The van der Waals surface area contributed by atoms with Gasteiger partial charge in [-0.15, -0.1) is 0 Å². The second kappa shape index (κ2) is 4.97. The van der Waals surface area contributed by atoms with Crippen LogP contribution in [0.25, 0.3) is 0 Å². The van der Waals surface area contributed by atoms with Gasteiger partial charge in [0.05, 0.1) is 0 Å². The quantitative estimate of drug-likeness (QED) is 0.840. The Morgan fingerprint density at radius 3 is 2.60 bits per heavy atom. The van der Waals surface area contributed by atoms with Crippen molar-refractivity contribution in [2.24, 2.45) is 11.7 Å². The van der Waals surface area contributed by atoms with Gasteiger partial charge in [0.1, 0.15) is 0 Å². The van der Waals surface area contributed by atoms with Crippen LogP contribution in [0.5, 0.6) is 0 Å². The lowest BCUT2D eigenvalue weighted by molar-refractivity contribution is 0.0584. The molecule has 1 aliphatic rings. The Labute approximate surface area is 95.4 Å². The lowest BCUT2D eigenvalue weighted by Gasteiger charge is -2.28. The van der Waals surface area contributed by atoms with Crippen molar-refractivity contribution in [1.29, 1.82) is 0 Å². The summed E-state index contributed by atoms with van der Waals surface area (Å²) in [5.41, 5.74) is 7.29. The second-order valence-electron chi connectivity index (χ2n) is 4.00. The van der Waals surface area contributed by atoms with E-state index in [1.165, 1.54) is 0 Å². The normalized spacial score (nSPS) is 20.1. The Morgan fingerprint density at radius 1 is 1.27 bits per heavy atom. The van der Waals surface area contributed by atoms with E-state index in [4.69, 9.17) is 22.1 Å². The highest BCUT2D eigenvalue weighted by molar-refractivity contribution is 6.31. The fourth-order valence-electron chi connectivity index (χ4n) is 2.07. The van der Waals surface area contributed by atoms with Gasteiger partial charge < -0.3 is 10.5 Å². The van der Waals surface area contributed by atoms with Gasteiger partial charge in [0.2, 0.25) is 0 Å². The van der Waals surface area contributed by atoms with Crippen LogP contribution in [0.1, 0.15) is 24.4 Å². The van der Waals surface area contributed by atoms with Gasteiger partial charge in [-0.3, -0.25) is 0 Å². The van der Waals surface area contributed by atoms with Crippen molar-refractivity contribution in [3.8, 4) is 0 Å². The van der Waals surface area contributed by atoms with Crippen molar-refractivity contribution in [1.82, 2.24) is 0 Å². The van der Waals surface area contributed by atoms with Crippen LogP contribution >= 0.6 is 11.6 Å². The van der Waals surface area contributed by atoms with Crippen LogP contribution in [-0.2, 0) is 4.74 Å². The van der Waals surface area contributed by atoms with Gasteiger partial charge in [-0.25, -0.2) is 0 Å². The number of ether oxygens (including phenoxy) is 1. The van der Waals surface area contributed by atoms with Crippen LogP contribution in [0.4, 0.5) is 0 Å². The predicted octanol–water partition coefficient (Wildman–Crippen LogP) is 2.77. The molecule has 1 aromatic rings. The van der Waals surface area contributed by atoms with Gasteiger partial charge in [0.25, 0.3) is 0 Å². The first-order valence-electron chi connectivity index (χ1n) is 5.37. The number of benzene rings is 1. The summed E-state index contributed by atoms with van der Waals surface area (Å²) in [6, 6.07) is 7.88. The number of hydrogen-bond acceptors (Lipinski definition) is 2. The predicted molar refractivity (Wildman–Crippen MR) is 61.9 cm³/mol. The van der Waals surface area contributed by atoms with Crippen LogP contribution in [0.2, 0.25) is 5.02 Å². The Hall–Kier alpha value is -0.570. The summed E-state index contributed by atoms with van der Waals surface area (Å²) in [7, 11) is 0. The molecule has 0 saturated carbocycles. The molecule has 1 aromatic carbocycles.